The summed E-state index contributed by atoms with van der Waals surface area (Å²) >= 11 is 0. The topological polar surface area (TPSA) is 55.8 Å². The Bertz CT molecular complexity index is 652. The highest BCUT2D eigenvalue weighted by Crippen LogP contribution is 2.29. The zero-order valence-electron chi connectivity index (χ0n) is 11.9. The third-order valence-corrected chi connectivity index (χ3v) is 3.04. The van der Waals surface area contributed by atoms with Crippen molar-refractivity contribution in [3.8, 4) is 17.2 Å². The molecule has 0 aliphatic rings. The average Bonchev–Trinajstić information content (AvgIpc) is 2.52. The maximum absolute atomic E-state index is 12.1. The van der Waals surface area contributed by atoms with Gasteiger partial charge in [-0.25, -0.2) is 0 Å². The Morgan fingerprint density at radius 3 is 2.19 bits per heavy atom. The van der Waals surface area contributed by atoms with Crippen molar-refractivity contribution in [1.29, 1.82) is 0 Å². The molecule has 4 nitrogen and oxygen atoms in total. The van der Waals surface area contributed by atoms with Crippen molar-refractivity contribution >= 4 is 11.9 Å². The number of carbonyl (C=O) groups is 1. The Kier molecular flexibility index (Phi) is 4.61. The van der Waals surface area contributed by atoms with E-state index in [1.165, 1.54) is 12.1 Å². The zero-order valence-corrected chi connectivity index (χ0v) is 11.9. The number of ketones is 1. The molecule has 108 valence electrons. The molecule has 0 saturated heterocycles. The van der Waals surface area contributed by atoms with E-state index in [1.54, 1.807) is 56.7 Å². The molecule has 21 heavy (non-hydrogen) atoms. The monoisotopic (exact) mass is 284 g/mol. The molecule has 0 aliphatic heterocycles. The first-order valence-electron chi connectivity index (χ1n) is 6.38. The van der Waals surface area contributed by atoms with E-state index in [0.717, 1.165) is 0 Å². The number of benzene rings is 2. The van der Waals surface area contributed by atoms with E-state index in [0.29, 0.717) is 17.1 Å². The minimum Gasteiger partial charge on any atom is -0.507 e. The summed E-state index contributed by atoms with van der Waals surface area (Å²) in [5.74, 6) is 0.881. The van der Waals surface area contributed by atoms with Crippen LogP contribution in [0.15, 0.2) is 48.5 Å². The van der Waals surface area contributed by atoms with Crippen molar-refractivity contribution < 1.29 is 19.4 Å². The number of para-hydroxylation sites is 1. The Morgan fingerprint density at radius 2 is 1.62 bits per heavy atom. The van der Waals surface area contributed by atoms with E-state index in [-0.39, 0.29) is 17.1 Å². The SMILES string of the molecule is COc1cccc(OC)c1/C=C/C(=O)c1ccccc1O. The van der Waals surface area contributed by atoms with Crippen molar-refractivity contribution in [3.05, 3.63) is 59.7 Å². The lowest BCUT2D eigenvalue weighted by atomic mass is 10.1. The lowest BCUT2D eigenvalue weighted by Gasteiger charge is -2.09. The molecule has 0 aromatic heterocycles. The maximum Gasteiger partial charge on any atom is 0.189 e. The third-order valence-electron chi connectivity index (χ3n) is 3.04. The summed E-state index contributed by atoms with van der Waals surface area (Å²) < 4.78 is 10.5. The normalized spacial score (nSPS) is 10.6. The first-order valence-corrected chi connectivity index (χ1v) is 6.38. The third kappa shape index (κ3) is 3.23. The van der Waals surface area contributed by atoms with Crippen LogP contribution in [0.25, 0.3) is 6.08 Å². The molecule has 0 unspecified atom stereocenters. The number of phenolic OH excluding ortho intramolecular Hbond substituents is 1. The maximum atomic E-state index is 12.1. The quantitative estimate of drug-likeness (QED) is 0.676. The van der Waals surface area contributed by atoms with E-state index in [4.69, 9.17) is 9.47 Å². The number of carbonyl (C=O) groups excluding carboxylic acids is 1. The highest BCUT2D eigenvalue weighted by molar-refractivity contribution is 6.08. The van der Waals surface area contributed by atoms with Crippen LogP contribution in [0.2, 0.25) is 0 Å². The van der Waals surface area contributed by atoms with Crippen LogP contribution in [0.3, 0.4) is 0 Å². The Hall–Kier alpha value is -2.75. The smallest absolute Gasteiger partial charge is 0.189 e. The van der Waals surface area contributed by atoms with Gasteiger partial charge in [-0.15, -0.1) is 0 Å². The molecule has 0 radical (unpaired) electrons. The van der Waals surface area contributed by atoms with Gasteiger partial charge in [0.25, 0.3) is 0 Å². The molecule has 0 spiro atoms. The molecule has 0 heterocycles. The second kappa shape index (κ2) is 6.61. The van der Waals surface area contributed by atoms with Gasteiger partial charge < -0.3 is 14.6 Å². The van der Waals surface area contributed by atoms with Gasteiger partial charge in [-0.1, -0.05) is 18.2 Å². The number of hydrogen-bond donors (Lipinski definition) is 1. The number of phenols is 1. The molecule has 4 heteroatoms. The van der Waals surface area contributed by atoms with Gasteiger partial charge in [0.05, 0.1) is 25.3 Å². The largest absolute Gasteiger partial charge is 0.507 e. The summed E-state index contributed by atoms with van der Waals surface area (Å²) in [6.45, 7) is 0. The molecule has 1 N–H and O–H groups in total. The van der Waals surface area contributed by atoms with E-state index >= 15 is 0 Å². The van der Waals surface area contributed by atoms with Crippen LogP contribution in [0.5, 0.6) is 17.2 Å². The molecule has 0 amide bonds. The molecule has 0 saturated carbocycles. The fraction of sp³-hybridized carbons (Fsp3) is 0.118. The number of methoxy groups -OCH3 is 2. The van der Waals surface area contributed by atoms with Crippen molar-refractivity contribution in [1.82, 2.24) is 0 Å². The first kappa shape index (κ1) is 14.7. The van der Waals surface area contributed by atoms with Crippen LogP contribution >= 0.6 is 0 Å². The lowest BCUT2D eigenvalue weighted by Crippen LogP contribution is -1.96. The summed E-state index contributed by atoms with van der Waals surface area (Å²) in [4.78, 5) is 12.1. The molecule has 0 fully saturated rings. The summed E-state index contributed by atoms with van der Waals surface area (Å²) in [6.07, 6.45) is 3.00. The summed E-state index contributed by atoms with van der Waals surface area (Å²) in [5, 5.41) is 9.68. The Balaban J connectivity index is 2.34. The Labute approximate surface area is 123 Å². The van der Waals surface area contributed by atoms with Gasteiger partial charge in [0.15, 0.2) is 5.78 Å². The van der Waals surface area contributed by atoms with Gasteiger partial charge in [0.2, 0.25) is 0 Å². The van der Waals surface area contributed by atoms with E-state index in [1.807, 2.05) is 0 Å². The summed E-state index contributed by atoms with van der Waals surface area (Å²) in [6, 6.07) is 11.8. The minimum atomic E-state index is -0.291. The molecule has 2 rings (SSSR count). The first-order chi connectivity index (χ1) is 10.2. The summed E-state index contributed by atoms with van der Waals surface area (Å²) in [5.41, 5.74) is 0.925. The highest BCUT2D eigenvalue weighted by atomic mass is 16.5. The van der Waals surface area contributed by atoms with Crippen molar-refractivity contribution in [2.45, 2.75) is 0 Å². The second-order valence-electron chi connectivity index (χ2n) is 4.29. The van der Waals surface area contributed by atoms with E-state index in [9.17, 15) is 9.90 Å². The number of rotatable bonds is 5. The average molecular weight is 284 g/mol. The van der Waals surface area contributed by atoms with Crippen LogP contribution in [-0.4, -0.2) is 25.1 Å². The van der Waals surface area contributed by atoms with Crippen LogP contribution in [0, 0.1) is 0 Å². The van der Waals surface area contributed by atoms with Crippen LogP contribution in [-0.2, 0) is 0 Å². The molecule has 0 bridgehead atoms. The standard InChI is InChI=1S/C17H16O4/c1-20-16-8-5-9-17(21-2)13(16)10-11-15(19)12-6-3-4-7-14(12)18/h3-11,18H,1-2H3/b11-10+. The fourth-order valence-corrected chi connectivity index (χ4v) is 1.97. The molecular formula is C17H16O4. The number of ether oxygens (including phenoxy) is 2. The van der Waals surface area contributed by atoms with Gasteiger partial charge in [0.1, 0.15) is 17.2 Å². The van der Waals surface area contributed by atoms with Gasteiger partial charge in [-0.3, -0.25) is 4.79 Å². The molecule has 0 aliphatic carbocycles. The Morgan fingerprint density at radius 1 is 1.00 bits per heavy atom. The van der Waals surface area contributed by atoms with Gasteiger partial charge >= 0.3 is 0 Å². The molecule has 2 aromatic carbocycles. The lowest BCUT2D eigenvalue weighted by molar-refractivity contribution is 0.104. The van der Waals surface area contributed by atoms with Crippen LogP contribution in [0.1, 0.15) is 15.9 Å². The zero-order chi connectivity index (χ0) is 15.2. The van der Waals surface area contributed by atoms with Crippen molar-refractivity contribution in [3.63, 3.8) is 0 Å². The molecule has 2 aromatic rings. The predicted molar refractivity (Wildman–Crippen MR) is 81.0 cm³/mol. The fourth-order valence-electron chi connectivity index (χ4n) is 1.97. The predicted octanol–water partition coefficient (Wildman–Crippen LogP) is 3.31. The second-order valence-corrected chi connectivity index (χ2v) is 4.29. The minimum absolute atomic E-state index is 0.0425. The van der Waals surface area contributed by atoms with E-state index < -0.39 is 0 Å². The molecule has 0 atom stereocenters. The summed E-state index contributed by atoms with van der Waals surface area (Å²) in [7, 11) is 3.11. The van der Waals surface area contributed by atoms with Gasteiger partial charge in [-0.2, -0.15) is 0 Å². The number of aromatic hydroxyl groups is 1. The van der Waals surface area contributed by atoms with E-state index in [2.05, 4.69) is 0 Å². The van der Waals surface area contributed by atoms with Crippen LogP contribution in [0.4, 0.5) is 0 Å². The number of allylic oxidation sites excluding steroid dienone is 1. The molecular weight excluding hydrogens is 268 g/mol. The highest BCUT2D eigenvalue weighted by Gasteiger charge is 2.09. The number of hydrogen-bond acceptors (Lipinski definition) is 4. The van der Waals surface area contributed by atoms with Gasteiger partial charge in [0, 0.05) is 0 Å². The van der Waals surface area contributed by atoms with Crippen LogP contribution < -0.4 is 9.47 Å². The van der Waals surface area contributed by atoms with Gasteiger partial charge in [-0.05, 0) is 36.4 Å². The van der Waals surface area contributed by atoms with Crippen molar-refractivity contribution in [2.24, 2.45) is 0 Å². The van der Waals surface area contributed by atoms with Crippen molar-refractivity contribution in [2.75, 3.05) is 14.2 Å².